The van der Waals surface area contributed by atoms with Gasteiger partial charge in [-0.15, -0.1) is 10.2 Å². The van der Waals surface area contributed by atoms with Gasteiger partial charge in [0, 0.05) is 12.4 Å². The fourth-order valence-electron chi connectivity index (χ4n) is 2.41. The molecule has 0 fully saturated rings. The highest BCUT2D eigenvalue weighted by molar-refractivity contribution is 5.95. The van der Waals surface area contributed by atoms with Crippen LogP contribution in [-0.4, -0.2) is 47.6 Å². The molecule has 3 rings (SSSR count). The Kier molecular flexibility index (Phi) is 4.83. The molecule has 2 amide bonds. The highest BCUT2D eigenvalue weighted by atomic mass is 16.2. The third-order valence-corrected chi connectivity index (χ3v) is 3.62. The number of nitrogens with one attached hydrogen (secondary N) is 1. The fourth-order valence-corrected chi connectivity index (χ4v) is 2.41. The highest BCUT2D eigenvalue weighted by Gasteiger charge is 2.22. The summed E-state index contributed by atoms with van der Waals surface area (Å²) in [7, 11) is 0. The number of hydrogen-bond acceptors (Lipinski definition) is 7. The van der Waals surface area contributed by atoms with Crippen LogP contribution in [0.1, 0.15) is 30.8 Å². The lowest BCUT2D eigenvalue weighted by molar-refractivity contribution is -0.120. The monoisotopic (exact) mass is 354 g/mol. The Balaban J connectivity index is 1.91. The van der Waals surface area contributed by atoms with E-state index in [0.717, 1.165) is 0 Å². The van der Waals surface area contributed by atoms with Crippen molar-refractivity contribution in [3.63, 3.8) is 0 Å². The molecule has 3 aromatic rings. The maximum Gasteiger partial charge on any atom is 0.272 e. The predicted octanol–water partition coefficient (Wildman–Crippen LogP) is 0.211. The smallest absolute Gasteiger partial charge is 0.272 e. The van der Waals surface area contributed by atoms with Crippen molar-refractivity contribution in [2.24, 2.45) is 11.7 Å². The van der Waals surface area contributed by atoms with Crippen LogP contribution in [0.5, 0.6) is 0 Å². The van der Waals surface area contributed by atoms with Gasteiger partial charge in [0.05, 0.1) is 0 Å². The topological polar surface area (TPSA) is 141 Å². The Morgan fingerprint density at radius 2 is 1.92 bits per heavy atom. The molecule has 0 aromatic carbocycles. The minimum absolute atomic E-state index is 0.101. The molecule has 0 radical (unpaired) electrons. The second-order valence-corrected chi connectivity index (χ2v) is 6.14. The van der Waals surface area contributed by atoms with Gasteiger partial charge in [0.15, 0.2) is 11.5 Å². The first kappa shape index (κ1) is 17.4. The number of amides is 2. The number of carbonyl (C=O) groups is 2. The molecule has 0 spiro atoms. The largest absolute Gasteiger partial charge is 0.368 e. The zero-order chi connectivity index (χ0) is 18.7. The van der Waals surface area contributed by atoms with E-state index in [4.69, 9.17) is 5.73 Å². The third kappa shape index (κ3) is 3.63. The van der Waals surface area contributed by atoms with Gasteiger partial charge in [-0.3, -0.25) is 9.59 Å². The van der Waals surface area contributed by atoms with Crippen LogP contribution in [0, 0.1) is 5.92 Å². The number of primary amides is 1. The van der Waals surface area contributed by atoms with Gasteiger partial charge in [-0.05, 0) is 30.5 Å². The van der Waals surface area contributed by atoms with Crippen LogP contribution in [0.4, 0.5) is 0 Å². The van der Waals surface area contributed by atoms with Crippen LogP contribution in [0.25, 0.3) is 17.3 Å². The molecular formula is C16H18N8O2. The van der Waals surface area contributed by atoms with Crippen molar-refractivity contribution >= 4 is 17.5 Å². The second-order valence-electron chi connectivity index (χ2n) is 6.14. The van der Waals surface area contributed by atoms with E-state index in [1.54, 1.807) is 24.5 Å². The Bertz CT molecular complexity index is 938. The SMILES string of the molecule is CC(C)C[C@@H](NC(=O)c1ccc2nnc(-c3ncccn3)n2n1)C(N)=O. The van der Waals surface area contributed by atoms with Crippen LogP contribution in [0.3, 0.4) is 0 Å². The number of aromatic nitrogens is 6. The van der Waals surface area contributed by atoms with Crippen molar-refractivity contribution in [3.8, 4) is 11.6 Å². The Hall–Kier alpha value is -3.43. The minimum atomic E-state index is -0.766. The summed E-state index contributed by atoms with van der Waals surface area (Å²) in [4.78, 5) is 32.3. The van der Waals surface area contributed by atoms with Gasteiger partial charge in [-0.1, -0.05) is 13.8 Å². The first-order valence-electron chi connectivity index (χ1n) is 8.05. The first-order valence-corrected chi connectivity index (χ1v) is 8.05. The molecule has 0 aliphatic carbocycles. The molecule has 0 saturated carbocycles. The van der Waals surface area contributed by atoms with Crippen molar-refractivity contribution in [1.29, 1.82) is 0 Å². The lowest BCUT2D eigenvalue weighted by Crippen LogP contribution is -2.45. The van der Waals surface area contributed by atoms with Crippen molar-refractivity contribution in [2.45, 2.75) is 26.3 Å². The van der Waals surface area contributed by atoms with Crippen LogP contribution in [0.2, 0.25) is 0 Å². The summed E-state index contributed by atoms with van der Waals surface area (Å²) in [6.07, 6.45) is 3.59. The minimum Gasteiger partial charge on any atom is -0.368 e. The predicted molar refractivity (Wildman–Crippen MR) is 91.7 cm³/mol. The highest BCUT2D eigenvalue weighted by Crippen LogP contribution is 2.12. The third-order valence-electron chi connectivity index (χ3n) is 3.62. The van der Waals surface area contributed by atoms with Gasteiger partial charge in [0.1, 0.15) is 11.7 Å². The maximum absolute atomic E-state index is 12.5. The maximum atomic E-state index is 12.5. The van der Waals surface area contributed by atoms with E-state index in [1.807, 2.05) is 13.8 Å². The molecule has 0 aliphatic heterocycles. The summed E-state index contributed by atoms with van der Waals surface area (Å²) < 4.78 is 1.38. The summed E-state index contributed by atoms with van der Waals surface area (Å²) >= 11 is 0. The van der Waals surface area contributed by atoms with Gasteiger partial charge in [0.2, 0.25) is 11.7 Å². The first-order chi connectivity index (χ1) is 12.5. The van der Waals surface area contributed by atoms with E-state index >= 15 is 0 Å². The molecule has 1 atom stereocenters. The second kappa shape index (κ2) is 7.21. The van der Waals surface area contributed by atoms with Crippen molar-refractivity contribution in [3.05, 3.63) is 36.3 Å². The van der Waals surface area contributed by atoms with Crippen LogP contribution in [0.15, 0.2) is 30.6 Å². The molecule has 0 bridgehead atoms. The number of carbonyl (C=O) groups excluding carboxylic acids is 2. The zero-order valence-corrected chi connectivity index (χ0v) is 14.3. The number of hydrogen-bond donors (Lipinski definition) is 2. The fraction of sp³-hybridized carbons (Fsp3) is 0.312. The van der Waals surface area contributed by atoms with E-state index in [9.17, 15) is 9.59 Å². The summed E-state index contributed by atoms with van der Waals surface area (Å²) in [6, 6.07) is 4.02. The molecule has 0 unspecified atom stereocenters. The number of nitrogens with two attached hydrogens (primary N) is 1. The van der Waals surface area contributed by atoms with Gasteiger partial charge in [-0.25, -0.2) is 9.97 Å². The summed E-state index contributed by atoms with van der Waals surface area (Å²) in [5.74, 6) is -0.257. The molecule has 134 valence electrons. The molecule has 0 aliphatic rings. The molecule has 0 saturated heterocycles. The Labute approximate surface area is 148 Å². The van der Waals surface area contributed by atoms with Crippen molar-refractivity contribution in [1.82, 2.24) is 35.1 Å². The van der Waals surface area contributed by atoms with E-state index in [0.29, 0.717) is 23.7 Å². The quantitative estimate of drug-likeness (QED) is 0.644. The van der Waals surface area contributed by atoms with Crippen LogP contribution >= 0.6 is 0 Å². The molecule has 26 heavy (non-hydrogen) atoms. The summed E-state index contributed by atoms with van der Waals surface area (Å²) in [5.41, 5.74) is 5.91. The van der Waals surface area contributed by atoms with Gasteiger partial charge in [0.25, 0.3) is 5.91 Å². The lowest BCUT2D eigenvalue weighted by atomic mass is 10.0. The standard InChI is InChI=1S/C16H18N8O2/c1-9(2)8-11(13(17)25)20-16(26)10-4-5-12-21-22-15(24(12)23-10)14-18-6-3-7-19-14/h3-7,9,11H,8H2,1-2H3,(H2,17,25)(H,20,26)/t11-/m1/s1. The molecular weight excluding hydrogens is 336 g/mol. The summed E-state index contributed by atoms with van der Waals surface area (Å²) in [5, 5.41) is 14.9. The van der Waals surface area contributed by atoms with E-state index < -0.39 is 17.9 Å². The normalized spacial score (nSPS) is 12.3. The molecule has 10 nitrogen and oxygen atoms in total. The Morgan fingerprint density at radius 3 is 2.58 bits per heavy atom. The average molecular weight is 354 g/mol. The number of rotatable bonds is 6. The molecule has 3 aromatic heterocycles. The van der Waals surface area contributed by atoms with Gasteiger partial charge >= 0.3 is 0 Å². The number of nitrogens with zero attached hydrogens (tertiary/aromatic N) is 6. The van der Waals surface area contributed by atoms with E-state index in [2.05, 4.69) is 30.6 Å². The van der Waals surface area contributed by atoms with Gasteiger partial charge < -0.3 is 11.1 Å². The summed E-state index contributed by atoms with van der Waals surface area (Å²) in [6.45, 7) is 3.88. The molecule has 3 heterocycles. The van der Waals surface area contributed by atoms with E-state index in [-0.39, 0.29) is 11.6 Å². The lowest BCUT2D eigenvalue weighted by Gasteiger charge is -2.17. The van der Waals surface area contributed by atoms with Crippen LogP contribution in [-0.2, 0) is 4.79 Å². The van der Waals surface area contributed by atoms with Gasteiger partial charge in [-0.2, -0.15) is 9.61 Å². The van der Waals surface area contributed by atoms with Crippen molar-refractivity contribution in [2.75, 3.05) is 0 Å². The zero-order valence-electron chi connectivity index (χ0n) is 14.3. The number of fused-ring (bicyclic) bond motifs is 1. The van der Waals surface area contributed by atoms with Crippen LogP contribution < -0.4 is 11.1 Å². The molecule has 3 N–H and O–H groups in total. The average Bonchev–Trinajstić information content (AvgIpc) is 3.04. The molecule has 10 heteroatoms. The Morgan fingerprint density at radius 1 is 1.19 bits per heavy atom. The van der Waals surface area contributed by atoms with Crippen molar-refractivity contribution < 1.29 is 9.59 Å². The van der Waals surface area contributed by atoms with E-state index in [1.165, 1.54) is 10.6 Å².